The number of carbonyl (C=O) groups is 2. The molecule has 0 unspecified atom stereocenters. The molecule has 18 heavy (non-hydrogen) atoms. The molecular weight excluding hydrogens is 286 g/mol. The van der Waals surface area contributed by atoms with Crippen molar-refractivity contribution in [3.63, 3.8) is 0 Å². The fourth-order valence-electron chi connectivity index (χ4n) is 1.59. The normalized spacial score (nSPS) is 9.83. The molecule has 1 aromatic rings. The first-order valence-electron chi connectivity index (χ1n) is 4.99. The number of carboxylic acid groups (broad SMARTS) is 2. The maximum Gasteiger partial charge on any atom is 1.00 e. The number of carboxylic acids is 2. The summed E-state index contributed by atoms with van der Waals surface area (Å²) in [6.45, 7) is 1.49. The molecule has 0 heterocycles. The number of benzene rings is 1. The molecule has 0 saturated carbocycles. The van der Waals surface area contributed by atoms with E-state index in [0.29, 0.717) is 5.56 Å². The van der Waals surface area contributed by atoms with Gasteiger partial charge in [0.05, 0.1) is 17.4 Å². The molecule has 0 atom stereocenters. The summed E-state index contributed by atoms with van der Waals surface area (Å²) >= 11 is 0. The van der Waals surface area contributed by atoms with Crippen LogP contribution in [0.2, 0.25) is 0 Å². The van der Waals surface area contributed by atoms with Crippen molar-refractivity contribution >= 4 is 11.9 Å². The van der Waals surface area contributed by atoms with Gasteiger partial charge >= 0.3 is 103 Å². The third kappa shape index (κ3) is 5.43. The molecule has 0 amide bonds. The quantitative estimate of drug-likeness (QED) is 0.400. The van der Waals surface area contributed by atoms with Gasteiger partial charge in [0, 0.05) is 0 Å². The standard InChI is InChI=1S/C12H14O4.2K/c1-2-12(10(13)14,11(15)16)8-9-6-4-3-5-7-9;;/h3-7H,2,8H2,1H3,(H,13,14)(H,15,16);;/q;2*+1/p-2. The van der Waals surface area contributed by atoms with Gasteiger partial charge in [-0.15, -0.1) is 0 Å². The minimum atomic E-state index is -1.94. The number of carbonyl (C=O) groups excluding carboxylic acids is 2. The average molecular weight is 298 g/mol. The van der Waals surface area contributed by atoms with Crippen LogP contribution in [0.5, 0.6) is 0 Å². The van der Waals surface area contributed by atoms with Gasteiger partial charge in [0.1, 0.15) is 0 Å². The van der Waals surface area contributed by atoms with Gasteiger partial charge in [-0.25, -0.2) is 0 Å². The number of rotatable bonds is 5. The maximum absolute atomic E-state index is 11.0. The van der Waals surface area contributed by atoms with Gasteiger partial charge in [0.15, 0.2) is 0 Å². The Hall–Kier alpha value is 1.43. The van der Waals surface area contributed by atoms with Crippen LogP contribution in [-0.2, 0) is 16.0 Å². The third-order valence-corrected chi connectivity index (χ3v) is 2.73. The zero-order valence-corrected chi connectivity index (χ0v) is 17.2. The van der Waals surface area contributed by atoms with Crippen molar-refractivity contribution in [1.29, 1.82) is 0 Å². The summed E-state index contributed by atoms with van der Waals surface area (Å²) in [6, 6.07) is 8.57. The van der Waals surface area contributed by atoms with E-state index in [9.17, 15) is 19.8 Å². The summed E-state index contributed by atoms with van der Waals surface area (Å²) in [7, 11) is 0. The van der Waals surface area contributed by atoms with Crippen LogP contribution in [0.25, 0.3) is 0 Å². The Morgan fingerprint density at radius 1 is 1.06 bits per heavy atom. The van der Waals surface area contributed by atoms with Crippen molar-refractivity contribution in [3.05, 3.63) is 35.9 Å². The first kappa shape index (κ1) is 21.7. The Bertz CT molecular complexity index is 378. The number of hydrogen-bond donors (Lipinski definition) is 0. The first-order valence-corrected chi connectivity index (χ1v) is 4.99. The molecule has 0 saturated heterocycles. The molecule has 1 aromatic carbocycles. The molecule has 4 nitrogen and oxygen atoms in total. The van der Waals surface area contributed by atoms with E-state index >= 15 is 0 Å². The van der Waals surface area contributed by atoms with E-state index in [1.165, 1.54) is 6.92 Å². The van der Waals surface area contributed by atoms with Crippen LogP contribution in [0.3, 0.4) is 0 Å². The third-order valence-electron chi connectivity index (χ3n) is 2.73. The van der Waals surface area contributed by atoms with Crippen LogP contribution >= 0.6 is 0 Å². The zero-order chi connectivity index (χ0) is 12.2. The fourth-order valence-corrected chi connectivity index (χ4v) is 1.59. The van der Waals surface area contributed by atoms with Crippen molar-refractivity contribution < 1.29 is 123 Å². The second-order valence-electron chi connectivity index (χ2n) is 3.67. The molecule has 0 fully saturated rings. The van der Waals surface area contributed by atoms with Crippen LogP contribution in [-0.4, -0.2) is 11.9 Å². The SMILES string of the molecule is CCC(Cc1ccccc1)(C(=O)[O-])C(=O)[O-].[K+].[K+]. The summed E-state index contributed by atoms with van der Waals surface area (Å²) in [6.07, 6.45) is -0.179. The molecule has 0 aliphatic heterocycles. The van der Waals surface area contributed by atoms with E-state index in [2.05, 4.69) is 0 Å². The molecule has 0 aliphatic carbocycles. The Kier molecular flexibility index (Phi) is 12.3. The van der Waals surface area contributed by atoms with Gasteiger partial charge in [0.2, 0.25) is 0 Å². The van der Waals surface area contributed by atoms with E-state index in [1.807, 2.05) is 0 Å². The molecule has 0 aliphatic rings. The van der Waals surface area contributed by atoms with E-state index in [4.69, 9.17) is 0 Å². The summed E-state index contributed by atoms with van der Waals surface area (Å²) < 4.78 is 0. The monoisotopic (exact) mass is 298 g/mol. The van der Waals surface area contributed by atoms with Gasteiger partial charge < -0.3 is 19.8 Å². The minimum Gasteiger partial charge on any atom is -0.549 e. The molecule has 0 N–H and O–H groups in total. The molecule has 0 spiro atoms. The van der Waals surface area contributed by atoms with Gasteiger partial charge in [-0.3, -0.25) is 0 Å². The Labute approximate surface area is 191 Å². The van der Waals surface area contributed by atoms with Gasteiger partial charge in [-0.2, -0.15) is 0 Å². The van der Waals surface area contributed by atoms with E-state index in [0.717, 1.165) is 0 Å². The second-order valence-corrected chi connectivity index (χ2v) is 3.67. The average Bonchev–Trinajstić information content (AvgIpc) is 2.26. The Morgan fingerprint density at radius 2 is 1.50 bits per heavy atom. The van der Waals surface area contributed by atoms with E-state index in [1.54, 1.807) is 30.3 Å². The Morgan fingerprint density at radius 3 is 1.83 bits per heavy atom. The van der Waals surface area contributed by atoms with Crippen molar-refractivity contribution in [2.75, 3.05) is 0 Å². The second kappa shape index (κ2) is 10.2. The smallest absolute Gasteiger partial charge is 0.549 e. The fraction of sp³-hybridized carbons (Fsp3) is 0.333. The molecule has 6 heteroatoms. The number of hydrogen-bond acceptors (Lipinski definition) is 4. The Balaban J connectivity index is 0. The number of aliphatic carboxylic acids is 2. The molecule has 0 bridgehead atoms. The van der Waals surface area contributed by atoms with Crippen molar-refractivity contribution in [2.24, 2.45) is 5.41 Å². The van der Waals surface area contributed by atoms with Crippen LogP contribution in [0, 0.1) is 5.41 Å². The van der Waals surface area contributed by atoms with Crippen molar-refractivity contribution in [1.82, 2.24) is 0 Å². The van der Waals surface area contributed by atoms with Gasteiger partial charge in [0.25, 0.3) is 0 Å². The topological polar surface area (TPSA) is 80.3 Å². The molecule has 0 aromatic heterocycles. The first-order chi connectivity index (χ1) is 7.53. The molecule has 0 radical (unpaired) electrons. The minimum absolute atomic E-state index is 0. The van der Waals surface area contributed by atoms with E-state index in [-0.39, 0.29) is 116 Å². The molecule has 1 rings (SSSR count). The van der Waals surface area contributed by atoms with Gasteiger partial charge in [-0.05, 0) is 18.4 Å². The predicted molar refractivity (Wildman–Crippen MR) is 52.9 cm³/mol. The van der Waals surface area contributed by atoms with E-state index < -0.39 is 17.4 Å². The van der Waals surface area contributed by atoms with Crippen LogP contribution < -0.4 is 113 Å². The summed E-state index contributed by atoms with van der Waals surface area (Å²) in [4.78, 5) is 21.9. The largest absolute Gasteiger partial charge is 1.00 e. The van der Waals surface area contributed by atoms with Crippen molar-refractivity contribution in [3.8, 4) is 0 Å². The van der Waals surface area contributed by atoms with Gasteiger partial charge in [-0.1, -0.05) is 37.3 Å². The maximum atomic E-state index is 11.0. The zero-order valence-electron chi connectivity index (χ0n) is 10.9. The van der Waals surface area contributed by atoms with Crippen LogP contribution in [0.1, 0.15) is 18.9 Å². The van der Waals surface area contributed by atoms with Crippen LogP contribution in [0.15, 0.2) is 30.3 Å². The molecule has 86 valence electrons. The molecular formula is C12H12K2O4. The van der Waals surface area contributed by atoms with Crippen LogP contribution in [0.4, 0.5) is 0 Å². The summed E-state index contributed by atoms with van der Waals surface area (Å²) in [5.41, 5.74) is -1.31. The summed E-state index contributed by atoms with van der Waals surface area (Å²) in [5.74, 6) is -3.20. The summed E-state index contributed by atoms with van der Waals surface area (Å²) in [5, 5.41) is 21.9. The predicted octanol–water partition coefficient (Wildman–Crippen LogP) is -6.87. The van der Waals surface area contributed by atoms with Crippen molar-refractivity contribution in [2.45, 2.75) is 19.8 Å².